The van der Waals surface area contributed by atoms with Crippen molar-refractivity contribution in [2.75, 3.05) is 5.32 Å². The Kier molecular flexibility index (Phi) is 5.01. The number of aromatic carboxylic acids is 1. The average molecular weight is 300 g/mol. The Morgan fingerprint density at radius 3 is 2.33 bits per heavy atom. The maximum atomic E-state index is 13.5. The quantitative estimate of drug-likeness (QED) is 0.796. The zero-order valence-corrected chi connectivity index (χ0v) is 12.0. The second-order valence-electron chi connectivity index (χ2n) is 5.84. The predicted molar refractivity (Wildman–Crippen MR) is 74.0 cm³/mol. The fourth-order valence-corrected chi connectivity index (χ4v) is 1.52. The lowest BCUT2D eigenvalue weighted by Gasteiger charge is -2.26. The van der Waals surface area contributed by atoms with Crippen LogP contribution in [0.1, 0.15) is 37.6 Å². The Labute approximate surface area is 121 Å². The van der Waals surface area contributed by atoms with Crippen LogP contribution in [0.15, 0.2) is 12.1 Å². The number of anilines is 1. The molecule has 0 spiro atoms. The van der Waals surface area contributed by atoms with Crippen LogP contribution in [-0.4, -0.2) is 23.0 Å². The maximum absolute atomic E-state index is 13.5. The van der Waals surface area contributed by atoms with Crippen LogP contribution in [0.3, 0.4) is 0 Å². The highest BCUT2D eigenvalue weighted by Crippen LogP contribution is 2.22. The van der Waals surface area contributed by atoms with Crippen LogP contribution in [0.4, 0.5) is 14.5 Å². The Balaban J connectivity index is 2.91. The molecular weight excluding hydrogens is 282 g/mol. The van der Waals surface area contributed by atoms with Gasteiger partial charge in [-0.2, -0.15) is 0 Å². The number of carboxylic acids is 1. The monoisotopic (exact) mass is 300 g/mol. The average Bonchev–Trinajstić information content (AvgIpc) is 2.30. The first-order chi connectivity index (χ1) is 9.52. The van der Waals surface area contributed by atoms with Crippen LogP contribution in [-0.2, 0) is 4.79 Å². The number of rotatable bonds is 4. The predicted octanol–water partition coefficient (Wildman–Crippen LogP) is 2.37. The van der Waals surface area contributed by atoms with E-state index in [-0.39, 0.29) is 17.5 Å². The highest BCUT2D eigenvalue weighted by Gasteiger charge is 2.24. The smallest absolute Gasteiger partial charge is 0.338 e. The van der Waals surface area contributed by atoms with Gasteiger partial charge in [0.05, 0.1) is 11.3 Å². The lowest BCUT2D eigenvalue weighted by atomic mass is 9.85. The molecule has 0 aliphatic carbocycles. The van der Waals surface area contributed by atoms with Gasteiger partial charge >= 0.3 is 5.97 Å². The SMILES string of the molecule is CC(C)(C)C(N)CC(=O)Nc1cc(C(=O)O)c(F)cc1F. The number of hydrogen-bond donors (Lipinski definition) is 3. The third-order valence-corrected chi connectivity index (χ3v) is 3.08. The van der Waals surface area contributed by atoms with E-state index in [1.807, 2.05) is 20.8 Å². The maximum Gasteiger partial charge on any atom is 0.338 e. The Hall–Kier alpha value is -2.02. The normalized spacial score (nSPS) is 12.9. The van der Waals surface area contributed by atoms with E-state index in [2.05, 4.69) is 5.32 Å². The molecule has 0 aliphatic rings. The number of amides is 1. The Morgan fingerprint density at radius 2 is 1.86 bits per heavy atom. The van der Waals surface area contributed by atoms with Crippen molar-refractivity contribution in [2.45, 2.75) is 33.2 Å². The van der Waals surface area contributed by atoms with E-state index in [1.165, 1.54) is 0 Å². The highest BCUT2D eigenvalue weighted by atomic mass is 19.1. The summed E-state index contributed by atoms with van der Waals surface area (Å²) in [6, 6.07) is 0.705. The van der Waals surface area contributed by atoms with Crippen LogP contribution < -0.4 is 11.1 Å². The van der Waals surface area contributed by atoms with Crippen molar-refractivity contribution in [3.63, 3.8) is 0 Å². The van der Waals surface area contributed by atoms with E-state index in [0.717, 1.165) is 6.07 Å². The van der Waals surface area contributed by atoms with E-state index in [1.54, 1.807) is 0 Å². The van der Waals surface area contributed by atoms with Gasteiger partial charge in [-0.15, -0.1) is 0 Å². The molecule has 5 nitrogen and oxygen atoms in total. The number of nitrogens with one attached hydrogen (secondary N) is 1. The fourth-order valence-electron chi connectivity index (χ4n) is 1.52. The molecule has 0 saturated carbocycles. The van der Waals surface area contributed by atoms with Gasteiger partial charge in [0.1, 0.15) is 11.6 Å². The Morgan fingerprint density at radius 1 is 1.29 bits per heavy atom. The summed E-state index contributed by atoms with van der Waals surface area (Å²) in [6.45, 7) is 5.56. The minimum absolute atomic E-state index is 0.0667. The largest absolute Gasteiger partial charge is 0.478 e. The van der Waals surface area contributed by atoms with Gasteiger partial charge in [0.2, 0.25) is 5.91 Å². The topological polar surface area (TPSA) is 92.4 Å². The van der Waals surface area contributed by atoms with Crippen molar-refractivity contribution in [2.24, 2.45) is 11.1 Å². The molecule has 0 aromatic heterocycles. The van der Waals surface area contributed by atoms with Crippen molar-refractivity contribution >= 4 is 17.6 Å². The fraction of sp³-hybridized carbons (Fsp3) is 0.429. The molecule has 1 aromatic rings. The summed E-state index contributed by atoms with van der Waals surface area (Å²) in [5.74, 6) is -4.37. The van der Waals surface area contributed by atoms with Crippen LogP contribution in [0.2, 0.25) is 0 Å². The van der Waals surface area contributed by atoms with Crippen molar-refractivity contribution in [3.05, 3.63) is 29.3 Å². The minimum Gasteiger partial charge on any atom is -0.478 e. The lowest BCUT2D eigenvalue weighted by Crippen LogP contribution is -2.38. The summed E-state index contributed by atoms with van der Waals surface area (Å²) >= 11 is 0. The summed E-state index contributed by atoms with van der Waals surface area (Å²) in [5, 5.41) is 11.0. The molecular formula is C14H18F2N2O3. The third-order valence-electron chi connectivity index (χ3n) is 3.08. The van der Waals surface area contributed by atoms with Gasteiger partial charge in [-0.05, 0) is 11.5 Å². The van der Waals surface area contributed by atoms with Crippen molar-refractivity contribution in [1.82, 2.24) is 0 Å². The molecule has 0 saturated heterocycles. The van der Waals surface area contributed by atoms with Gasteiger partial charge in [-0.25, -0.2) is 13.6 Å². The van der Waals surface area contributed by atoms with Gasteiger partial charge in [-0.1, -0.05) is 20.8 Å². The molecule has 1 aromatic carbocycles. The molecule has 0 heterocycles. The van der Waals surface area contributed by atoms with Gasteiger partial charge in [0.15, 0.2) is 0 Å². The standard InChI is InChI=1S/C14H18F2N2O3/c1-14(2,3)11(17)6-12(19)18-10-4-7(13(20)21)8(15)5-9(10)16/h4-5,11H,6,17H2,1-3H3,(H,18,19)(H,20,21). The van der Waals surface area contributed by atoms with Crippen molar-refractivity contribution < 1.29 is 23.5 Å². The number of halogens is 2. The number of hydrogen-bond acceptors (Lipinski definition) is 3. The third kappa shape index (κ3) is 4.49. The van der Waals surface area contributed by atoms with E-state index in [0.29, 0.717) is 6.07 Å². The number of benzene rings is 1. The molecule has 4 N–H and O–H groups in total. The van der Waals surface area contributed by atoms with E-state index in [9.17, 15) is 18.4 Å². The molecule has 0 fully saturated rings. The molecule has 1 rings (SSSR count). The molecule has 1 unspecified atom stereocenters. The number of carbonyl (C=O) groups is 2. The number of nitrogens with two attached hydrogens (primary N) is 1. The van der Waals surface area contributed by atoms with Gasteiger partial charge in [0.25, 0.3) is 0 Å². The second-order valence-corrected chi connectivity index (χ2v) is 5.84. The first-order valence-corrected chi connectivity index (χ1v) is 6.30. The number of carbonyl (C=O) groups excluding carboxylic acids is 1. The molecule has 1 amide bonds. The first kappa shape index (κ1) is 17.0. The van der Waals surface area contributed by atoms with Crippen LogP contribution in [0, 0.1) is 17.0 Å². The summed E-state index contributed by atoms with van der Waals surface area (Å²) < 4.78 is 26.8. The summed E-state index contributed by atoms with van der Waals surface area (Å²) in [6.07, 6.45) is -0.0667. The Bertz CT molecular complexity index is 568. The summed E-state index contributed by atoms with van der Waals surface area (Å²) in [5.41, 5.74) is 4.42. The minimum atomic E-state index is -1.55. The first-order valence-electron chi connectivity index (χ1n) is 6.30. The summed E-state index contributed by atoms with van der Waals surface area (Å²) in [4.78, 5) is 22.6. The van der Waals surface area contributed by atoms with E-state index >= 15 is 0 Å². The van der Waals surface area contributed by atoms with Crippen LogP contribution in [0.25, 0.3) is 0 Å². The molecule has 0 bridgehead atoms. The lowest BCUT2D eigenvalue weighted by molar-refractivity contribution is -0.117. The molecule has 21 heavy (non-hydrogen) atoms. The van der Waals surface area contributed by atoms with E-state index < -0.39 is 35.1 Å². The van der Waals surface area contributed by atoms with Crippen molar-refractivity contribution in [1.29, 1.82) is 0 Å². The number of carboxylic acid groups (broad SMARTS) is 1. The molecule has 7 heteroatoms. The summed E-state index contributed by atoms with van der Waals surface area (Å²) in [7, 11) is 0. The molecule has 116 valence electrons. The highest BCUT2D eigenvalue weighted by molar-refractivity contribution is 5.94. The van der Waals surface area contributed by atoms with Gasteiger partial charge in [0, 0.05) is 18.5 Å². The second kappa shape index (κ2) is 6.17. The van der Waals surface area contributed by atoms with E-state index in [4.69, 9.17) is 10.8 Å². The molecule has 0 aliphatic heterocycles. The van der Waals surface area contributed by atoms with Crippen LogP contribution >= 0.6 is 0 Å². The van der Waals surface area contributed by atoms with Gasteiger partial charge in [-0.3, -0.25) is 4.79 Å². The zero-order valence-electron chi connectivity index (χ0n) is 12.0. The van der Waals surface area contributed by atoms with Crippen molar-refractivity contribution in [3.8, 4) is 0 Å². The van der Waals surface area contributed by atoms with Crippen LogP contribution in [0.5, 0.6) is 0 Å². The zero-order chi connectivity index (χ0) is 16.4. The molecule has 1 atom stereocenters. The van der Waals surface area contributed by atoms with Gasteiger partial charge < -0.3 is 16.2 Å². The molecule has 0 radical (unpaired) electrons.